The van der Waals surface area contributed by atoms with E-state index in [0.717, 1.165) is 16.9 Å². The summed E-state index contributed by atoms with van der Waals surface area (Å²) in [5.74, 6) is 0.881. The van der Waals surface area contributed by atoms with Crippen LogP contribution in [0.25, 0.3) is 0 Å². The Balaban J connectivity index is 1.90. The molecule has 0 fully saturated rings. The molecular weight excluding hydrogens is 226 g/mol. The maximum absolute atomic E-state index is 10.1. The Morgan fingerprint density at radius 3 is 2.78 bits per heavy atom. The standard InChI is InChI=1S/C15H19NO2/c1-11-5-3-6-13(9-11)14(17)10-16-12(2)15-7-4-8-18-15/h3-9,12,14,16-17H,10H2,1-2H3/t12-,14-/m1/s1. The zero-order valence-electron chi connectivity index (χ0n) is 10.8. The molecule has 3 nitrogen and oxygen atoms in total. The number of nitrogens with one attached hydrogen (secondary N) is 1. The van der Waals surface area contributed by atoms with Gasteiger partial charge in [0, 0.05) is 6.54 Å². The predicted molar refractivity (Wildman–Crippen MR) is 71.3 cm³/mol. The largest absolute Gasteiger partial charge is 0.468 e. The molecule has 0 radical (unpaired) electrons. The number of hydrogen-bond acceptors (Lipinski definition) is 3. The number of rotatable bonds is 5. The van der Waals surface area contributed by atoms with Crippen molar-refractivity contribution in [2.24, 2.45) is 0 Å². The van der Waals surface area contributed by atoms with Crippen molar-refractivity contribution in [3.8, 4) is 0 Å². The molecule has 2 rings (SSSR count). The van der Waals surface area contributed by atoms with Crippen LogP contribution in [-0.2, 0) is 0 Å². The van der Waals surface area contributed by atoms with E-state index in [1.807, 2.05) is 50.2 Å². The minimum atomic E-state index is -0.498. The second-order valence-corrected chi connectivity index (χ2v) is 4.58. The van der Waals surface area contributed by atoms with Gasteiger partial charge in [0.2, 0.25) is 0 Å². The molecule has 2 N–H and O–H groups in total. The van der Waals surface area contributed by atoms with Crippen LogP contribution < -0.4 is 5.32 Å². The molecule has 1 aromatic heterocycles. The number of aliphatic hydroxyl groups excluding tert-OH is 1. The number of hydrogen-bond donors (Lipinski definition) is 2. The van der Waals surface area contributed by atoms with E-state index in [0.29, 0.717) is 6.54 Å². The molecule has 0 spiro atoms. The molecule has 2 atom stereocenters. The quantitative estimate of drug-likeness (QED) is 0.851. The van der Waals surface area contributed by atoms with E-state index in [1.165, 1.54) is 0 Å². The predicted octanol–water partition coefficient (Wildman–Crippen LogP) is 2.97. The first-order valence-electron chi connectivity index (χ1n) is 6.18. The summed E-state index contributed by atoms with van der Waals surface area (Å²) in [6.45, 7) is 4.54. The molecule has 96 valence electrons. The molecule has 0 aliphatic carbocycles. The highest BCUT2D eigenvalue weighted by atomic mass is 16.3. The van der Waals surface area contributed by atoms with Crippen molar-refractivity contribution in [2.75, 3.05) is 6.54 Å². The number of furan rings is 1. The van der Waals surface area contributed by atoms with Crippen LogP contribution in [0.3, 0.4) is 0 Å². The van der Waals surface area contributed by atoms with Crippen molar-refractivity contribution in [1.29, 1.82) is 0 Å². The first-order valence-corrected chi connectivity index (χ1v) is 6.18. The molecule has 0 bridgehead atoms. The lowest BCUT2D eigenvalue weighted by molar-refractivity contribution is 0.169. The van der Waals surface area contributed by atoms with Crippen molar-refractivity contribution in [3.63, 3.8) is 0 Å². The van der Waals surface area contributed by atoms with Gasteiger partial charge in [-0.05, 0) is 31.5 Å². The molecule has 2 aromatic rings. The Morgan fingerprint density at radius 1 is 1.28 bits per heavy atom. The Morgan fingerprint density at radius 2 is 2.11 bits per heavy atom. The molecule has 0 saturated carbocycles. The average Bonchev–Trinajstić information content (AvgIpc) is 2.89. The lowest BCUT2D eigenvalue weighted by atomic mass is 10.1. The van der Waals surface area contributed by atoms with E-state index < -0.39 is 6.10 Å². The van der Waals surface area contributed by atoms with Crippen molar-refractivity contribution in [1.82, 2.24) is 5.32 Å². The van der Waals surface area contributed by atoms with E-state index in [-0.39, 0.29) is 6.04 Å². The molecule has 0 aliphatic heterocycles. The Bertz CT molecular complexity index is 479. The molecule has 0 amide bonds. The van der Waals surface area contributed by atoms with Gasteiger partial charge in [-0.2, -0.15) is 0 Å². The zero-order valence-corrected chi connectivity index (χ0v) is 10.8. The Hall–Kier alpha value is -1.58. The lowest BCUT2D eigenvalue weighted by Crippen LogP contribution is -2.24. The van der Waals surface area contributed by atoms with Crippen LogP contribution in [0, 0.1) is 6.92 Å². The molecule has 0 unspecified atom stereocenters. The summed E-state index contributed by atoms with van der Waals surface area (Å²) in [7, 11) is 0. The molecular formula is C15H19NO2. The van der Waals surface area contributed by atoms with Crippen LogP contribution in [0.5, 0.6) is 0 Å². The highest BCUT2D eigenvalue weighted by molar-refractivity contribution is 5.24. The van der Waals surface area contributed by atoms with Gasteiger partial charge in [0.1, 0.15) is 5.76 Å². The first-order chi connectivity index (χ1) is 8.66. The smallest absolute Gasteiger partial charge is 0.120 e. The Kier molecular flexibility index (Phi) is 4.18. The van der Waals surface area contributed by atoms with Gasteiger partial charge in [-0.1, -0.05) is 29.8 Å². The van der Waals surface area contributed by atoms with Gasteiger partial charge < -0.3 is 14.8 Å². The third-order valence-corrected chi connectivity index (χ3v) is 3.01. The summed E-state index contributed by atoms with van der Waals surface area (Å²) in [6.07, 6.45) is 1.16. The fourth-order valence-electron chi connectivity index (χ4n) is 1.92. The van der Waals surface area contributed by atoms with E-state index in [2.05, 4.69) is 5.32 Å². The van der Waals surface area contributed by atoms with Gasteiger partial charge in [-0.25, -0.2) is 0 Å². The number of aliphatic hydroxyl groups is 1. The topological polar surface area (TPSA) is 45.4 Å². The normalized spacial score (nSPS) is 14.4. The minimum absolute atomic E-state index is 0.0967. The highest BCUT2D eigenvalue weighted by Crippen LogP contribution is 2.16. The second-order valence-electron chi connectivity index (χ2n) is 4.58. The van der Waals surface area contributed by atoms with E-state index in [4.69, 9.17) is 4.42 Å². The SMILES string of the molecule is Cc1cccc([C@H](O)CN[C@H](C)c2ccco2)c1. The summed E-state index contributed by atoms with van der Waals surface area (Å²) >= 11 is 0. The number of benzene rings is 1. The molecule has 18 heavy (non-hydrogen) atoms. The van der Waals surface area contributed by atoms with Gasteiger partial charge in [0.15, 0.2) is 0 Å². The van der Waals surface area contributed by atoms with Gasteiger partial charge in [0.05, 0.1) is 18.4 Å². The van der Waals surface area contributed by atoms with Crippen LogP contribution in [0.1, 0.15) is 36.0 Å². The zero-order chi connectivity index (χ0) is 13.0. The lowest BCUT2D eigenvalue weighted by Gasteiger charge is -2.16. The van der Waals surface area contributed by atoms with E-state index >= 15 is 0 Å². The van der Waals surface area contributed by atoms with Crippen molar-refractivity contribution < 1.29 is 9.52 Å². The fourth-order valence-corrected chi connectivity index (χ4v) is 1.92. The third kappa shape index (κ3) is 3.22. The van der Waals surface area contributed by atoms with E-state index in [9.17, 15) is 5.11 Å². The minimum Gasteiger partial charge on any atom is -0.468 e. The second kappa shape index (κ2) is 5.85. The van der Waals surface area contributed by atoms with Gasteiger partial charge in [-0.3, -0.25) is 0 Å². The monoisotopic (exact) mass is 245 g/mol. The van der Waals surface area contributed by atoms with Crippen LogP contribution in [0.4, 0.5) is 0 Å². The van der Waals surface area contributed by atoms with Crippen LogP contribution >= 0.6 is 0 Å². The fraction of sp³-hybridized carbons (Fsp3) is 0.333. The van der Waals surface area contributed by atoms with E-state index in [1.54, 1.807) is 6.26 Å². The Labute approximate surface area is 107 Å². The molecule has 3 heteroatoms. The molecule has 1 aromatic carbocycles. The molecule has 0 saturated heterocycles. The average molecular weight is 245 g/mol. The summed E-state index contributed by atoms with van der Waals surface area (Å²) < 4.78 is 5.31. The summed E-state index contributed by atoms with van der Waals surface area (Å²) in [5, 5.41) is 13.4. The first kappa shape index (κ1) is 12.9. The maximum atomic E-state index is 10.1. The van der Waals surface area contributed by atoms with Gasteiger partial charge in [0.25, 0.3) is 0 Å². The van der Waals surface area contributed by atoms with Crippen LogP contribution in [-0.4, -0.2) is 11.7 Å². The summed E-state index contributed by atoms with van der Waals surface area (Å²) in [6, 6.07) is 11.8. The van der Waals surface area contributed by atoms with Gasteiger partial charge in [-0.15, -0.1) is 0 Å². The van der Waals surface area contributed by atoms with Gasteiger partial charge >= 0.3 is 0 Å². The van der Waals surface area contributed by atoms with Crippen molar-refractivity contribution in [2.45, 2.75) is 26.0 Å². The number of aryl methyl sites for hydroxylation is 1. The molecule has 1 heterocycles. The van der Waals surface area contributed by atoms with Crippen molar-refractivity contribution >= 4 is 0 Å². The summed E-state index contributed by atoms with van der Waals surface area (Å²) in [4.78, 5) is 0. The van der Waals surface area contributed by atoms with Crippen LogP contribution in [0.2, 0.25) is 0 Å². The third-order valence-electron chi connectivity index (χ3n) is 3.01. The summed E-state index contributed by atoms with van der Waals surface area (Å²) in [5.41, 5.74) is 2.10. The maximum Gasteiger partial charge on any atom is 0.120 e. The van der Waals surface area contributed by atoms with Crippen LogP contribution in [0.15, 0.2) is 47.1 Å². The molecule has 0 aliphatic rings. The highest BCUT2D eigenvalue weighted by Gasteiger charge is 2.12. The van der Waals surface area contributed by atoms with Crippen molar-refractivity contribution in [3.05, 3.63) is 59.5 Å².